The van der Waals surface area contributed by atoms with E-state index in [1.165, 1.54) is 23.3 Å². The zero-order valence-corrected chi connectivity index (χ0v) is 19.5. The highest BCUT2D eigenvalue weighted by molar-refractivity contribution is 5.83. The molecule has 0 atom stereocenters. The Balaban J connectivity index is 2.69. The van der Waals surface area contributed by atoms with Crippen LogP contribution in [0.1, 0.15) is 83.9 Å². The molecule has 1 heterocycles. The fraction of sp³-hybridized carbons (Fsp3) is 0.500. The smallest absolute Gasteiger partial charge is 0.328 e. The second-order valence-electron chi connectivity index (χ2n) is 9.27. The van der Waals surface area contributed by atoms with Gasteiger partial charge in [-0.2, -0.15) is 0 Å². The van der Waals surface area contributed by atoms with E-state index in [9.17, 15) is 4.79 Å². The molecule has 1 aliphatic rings. The van der Waals surface area contributed by atoms with E-state index < -0.39 is 5.97 Å². The van der Waals surface area contributed by atoms with Gasteiger partial charge in [-0.25, -0.2) is 9.18 Å². The van der Waals surface area contributed by atoms with Gasteiger partial charge in [-0.05, 0) is 72.4 Å². The molecule has 4 heteroatoms. The van der Waals surface area contributed by atoms with Crippen LogP contribution in [0.3, 0.4) is 0 Å². The Hall–Kier alpha value is -2.36. The number of carboxylic acid groups (broad SMARTS) is 1. The number of hydrogen-bond acceptors (Lipinski definition) is 2. The molecule has 0 bridgehead atoms. The van der Waals surface area contributed by atoms with Gasteiger partial charge < -0.3 is 10.0 Å². The second-order valence-corrected chi connectivity index (χ2v) is 9.27. The topological polar surface area (TPSA) is 40.5 Å². The summed E-state index contributed by atoms with van der Waals surface area (Å²) >= 11 is 0. The maximum atomic E-state index is 15.2. The van der Waals surface area contributed by atoms with Crippen molar-refractivity contribution in [2.75, 3.05) is 18.0 Å². The van der Waals surface area contributed by atoms with Gasteiger partial charge in [0.05, 0.1) is 0 Å². The van der Waals surface area contributed by atoms with Crippen LogP contribution in [0.25, 0.3) is 5.57 Å². The normalized spacial score (nSPS) is 17.4. The molecule has 1 aliphatic heterocycles. The highest BCUT2D eigenvalue weighted by Gasteiger charge is 2.33. The molecule has 0 aromatic heterocycles. The van der Waals surface area contributed by atoms with Crippen LogP contribution in [0.2, 0.25) is 0 Å². The zero-order valence-electron chi connectivity index (χ0n) is 19.5. The summed E-state index contributed by atoms with van der Waals surface area (Å²) in [6.07, 6.45) is 6.07. The molecule has 1 aromatic carbocycles. The Morgan fingerprint density at radius 2 is 1.93 bits per heavy atom. The summed E-state index contributed by atoms with van der Waals surface area (Å²) < 4.78 is 15.2. The molecule has 164 valence electrons. The van der Waals surface area contributed by atoms with E-state index in [-0.39, 0.29) is 11.2 Å². The number of anilines is 1. The second kappa shape index (κ2) is 9.63. The number of nitrogens with zero attached hydrogens (tertiary/aromatic N) is 1. The highest BCUT2D eigenvalue weighted by atomic mass is 19.1. The number of benzene rings is 1. The molecule has 0 saturated carbocycles. The van der Waals surface area contributed by atoms with Gasteiger partial charge in [-0.15, -0.1) is 0 Å². The van der Waals surface area contributed by atoms with Crippen molar-refractivity contribution in [1.29, 1.82) is 0 Å². The van der Waals surface area contributed by atoms with Crippen LogP contribution in [0.4, 0.5) is 10.1 Å². The first-order valence-corrected chi connectivity index (χ1v) is 10.9. The fourth-order valence-electron chi connectivity index (χ4n) is 3.99. The Labute approximate surface area is 181 Å². The summed E-state index contributed by atoms with van der Waals surface area (Å²) in [6.45, 7) is 16.4. The third kappa shape index (κ3) is 5.41. The minimum Gasteiger partial charge on any atom is -0.478 e. The molecule has 0 fully saturated rings. The number of halogens is 1. The first-order chi connectivity index (χ1) is 14.0. The number of rotatable bonds is 7. The molecular weight excluding hydrogens is 377 g/mol. The number of carboxylic acids is 1. The maximum Gasteiger partial charge on any atom is 0.328 e. The Bertz CT molecular complexity index is 891. The summed E-state index contributed by atoms with van der Waals surface area (Å²) in [5, 5.41) is 8.86. The van der Waals surface area contributed by atoms with Crippen molar-refractivity contribution < 1.29 is 14.3 Å². The number of aliphatic carboxylic acids is 1. The summed E-state index contributed by atoms with van der Waals surface area (Å²) in [6, 6.07) is 4.45. The Morgan fingerprint density at radius 3 is 2.50 bits per heavy atom. The summed E-state index contributed by atoms with van der Waals surface area (Å²) in [7, 11) is 0. The Morgan fingerprint density at radius 1 is 1.27 bits per heavy atom. The van der Waals surface area contributed by atoms with Crippen LogP contribution in [-0.4, -0.2) is 24.2 Å². The van der Waals surface area contributed by atoms with Gasteiger partial charge in [0.25, 0.3) is 0 Å². The fourth-order valence-corrected chi connectivity index (χ4v) is 3.99. The molecular formula is C26H36FNO2. The summed E-state index contributed by atoms with van der Waals surface area (Å²) in [4.78, 5) is 13.2. The van der Waals surface area contributed by atoms with Crippen LogP contribution in [0.5, 0.6) is 0 Å². The van der Waals surface area contributed by atoms with Crippen molar-refractivity contribution in [3.05, 3.63) is 58.5 Å². The molecule has 30 heavy (non-hydrogen) atoms. The van der Waals surface area contributed by atoms with Gasteiger partial charge >= 0.3 is 5.97 Å². The summed E-state index contributed by atoms with van der Waals surface area (Å²) in [5.74, 6) is -1.02. The van der Waals surface area contributed by atoms with Crippen molar-refractivity contribution in [2.45, 2.75) is 72.6 Å². The van der Waals surface area contributed by atoms with Gasteiger partial charge in [0, 0.05) is 30.4 Å². The third-order valence-corrected chi connectivity index (χ3v) is 5.95. The standard InChI is InChI=1S/C26H36FNO2/c1-8-12-28-13-11-26(6,7)22-16-20(17(2)3)15-21(25(22)28)19(5)23(27)10-9-18(4)14-24(29)30/h9-10,14-17H,8,11-13H2,1-7H3,(H,29,30)/b10-9+,18-14+,23-19+. The molecule has 2 rings (SSSR count). The van der Waals surface area contributed by atoms with Gasteiger partial charge in [0.1, 0.15) is 5.83 Å². The van der Waals surface area contributed by atoms with Crippen LogP contribution >= 0.6 is 0 Å². The highest BCUT2D eigenvalue weighted by Crippen LogP contribution is 2.45. The van der Waals surface area contributed by atoms with Crippen molar-refractivity contribution in [3.63, 3.8) is 0 Å². The van der Waals surface area contributed by atoms with Gasteiger partial charge in [0.15, 0.2) is 0 Å². The molecule has 0 amide bonds. The van der Waals surface area contributed by atoms with Crippen molar-refractivity contribution in [1.82, 2.24) is 0 Å². The minimum atomic E-state index is -1.03. The number of fused-ring (bicyclic) bond motifs is 1. The van der Waals surface area contributed by atoms with E-state index in [4.69, 9.17) is 5.11 Å². The van der Waals surface area contributed by atoms with E-state index in [1.807, 2.05) is 6.92 Å². The maximum absolute atomic E-state index is 15.2. The third-order valence-electron chi connectivity index (χ3n) is 5.95. The van der Waals surface area contributed by atoms with E-state index in [1.54, 1.807) is 6.92 Å². The predicted octanol–water partition coefficient (Wildman–Crippen LogP) is 7.00. The van der Waals surface area contributed by atoms with E-state index in [2.05, 4.69) is 51.7 Å². The predicted molar refractivity (Wildman–Crippen MR) is 125 cm³/mol. The van der Waals surface area contributed by atoms with E-state index in [0.29, 0.717) is 17.1 Å². The van der Waals surface area contributed by atoms with Crippen LogP contribution in [0.15, 0.2) is 41.8 Å². The molecule has 0 unspecified atom stereocenters. The lowest BCUT2D eigenvalue weighted by atomic mass is 9.74. The average molecular weight is 414 g/mol. The van der Waals surface area contributed by atoms with Gasteiger partial charge in [-0.1, -0.05) is 46.8 Å². The van der Waals surface area contributed by atoms with Crippen LogP contribution in [-0.2, 0) is 10.2 Å². The van der Waals surface area contributed by atoms with Crippen molar-refractivity contribution in [3.8, 4) is 0 Å². The van der Waals surface area contributed by atoms with Crippen molar-refractivity contribution in [2.24, 2.45) is 0 Å². The average Bonchev–Trinajstić information content (AvgIpc) is 2.66. The zero-order chi connectivity index (χ0) is 22.6. The number of hydrogen-bond donors (Lipinski definition) is 1. The molecule has 0 aliphatic carbocycles. The lowest BCUT2D eigenvalue weighted by Crippen LogP contribution is -2.38. The van der Waals surface area contributed by atoms with Crippen LogP contribution < -0.4 is 4.90 Å². The number of allylic oxidation sites excluding steroid dienone is 5. The lowest BCUT2D eigenvalue weighted by molar-refractivity contribution is -0.131. The molecule has 1 N–H and O–H groups in total. The monoisotopic (exact) mass is 413 g/mol. The van der Waals surface area contributed by atoms with Gasteiger partial charge in [0.2, 0.25) is 0 Å². The molecule has 0 saturated heterocycles. The van der Waals surface area contributed by atoms with E-state index >= 15 is 4.39 Å². The quantitative estimate of drug-likeness (QED) is 0.387. The van der Waals surface area contributed by atoms with Crippen LogP contribution in [0, 0.1) is 0 Å². The Kier molecular flexibility index (Phi) is 7.68. The first kappa shape index (κ1) is 23.9. The SMILES string of the molecule is CCCN1CCC(C)(C)c2cc(C(C)C)cc(\C(C)=C(F)/C=C/C(C)=C/C(=O)O)c21. The van der Waals surface area contributed by atoms with E-state index in [0.717, 1.165) is 43.3 Å². The van der Waals surface area contributed by atoms with Gasteiger partial charge in [-0.3, -0.25) is 0 Å². The first-order valence-electron chi connectivity index (χ1n) is 10.9. The molecule has 0 spiro atoms. The van der Waals surface area contributed by atoms with Crippen molar-refractivity contribution >= 4 is 17.2 Å². The lowest BCUT2D eigenvalue weighted by Gasteiger charge is -2.42. The molecule has 0 radical (unpaired) electrons. The molecule has 1 aromatic rings. The largest absolute Gasteiger partial charge is 0.478 e. The number of carbonyl (C=O) groups is 1. The molecule has 3 nitrogen and oxygen atoms in total. The summed E-state index contributed by atoms with van der Waals surface area (Å²) in [5.41, 5.74) is 5.72. The minimum absolute atomic E-state index is 0.0344.